The van der Waals surface area contributed by atoms with Gasteiger partial charge in [-0.05, 0) is 59.6 Å². The summed E-state index contributed by atoms with van der Waals surface area (Å²) in [6.07, 6.45) is 0.758. The van der Waals surface area contributed by atoms with Gasteiger partial charge in [-0.15, -0.1) is 0 Å². The molecular weight excluding hydrogens is 553 g/mol. The second kappa shape index (κ2) is 11.1. The summed E-state index contributed by atoms with van der Waals surface area (Å²) in [4.78, 5) is 30.6. The molecule has 5 heterocycles. The van der Waals surface area contributed by atoms with Crippen molar-refractivity contribution in [3.63, 3.8) is 0 Å². The van der Waals surface area contributed by atoms with Crippen molar-refractivity contribution in [3.8, 4) is 17.2 Å². The number of nitrogens with two attached hydrogens (primary N) is 1. The topological polar surface area (TPSA) is 129 Å². The molecule has 0 unspecified atom stereocenters. The van der Waals surface area contributed by atoms with Crippen LogP contribution in [0.2, 0.25) is 0 Å². The molecule has 2 aliphatic rings. The van der Waals surface area contributed by atoms with E-state index >= 15 is 4.39 Å². The molecule has 0 spiro atoms. The first-order chi connectivity index (χ1) is 20.5. The van der Waals surface area contributed by atoms with Crippen LogP contribution in [0, 0.1) is 12.9 Å². The zero-order valence-corrected chi connectivity index (χ0v) is 25.2. The fraction of sp³-hybridized carbons (Fsp3) is 0.500. The molecule has 1 amide bonds. The number of likely N-dealkylation sites (tertiary alicyclic amines) is 1. The Morgan fingerprint density at radius 2 is 1.86 bits per heavy atom. The maximum Gasteiger partial charge on any atom is 0.410 e. The number of anilines is 2. The Morgan fingerprint density at radius 1 is 1.12 bits per heavy atom. The number of hydrogen-bond acceptors (Lipinski definition) is 9. The fourth-order valence-corrected chi connectivity index (χ4v) is 5.79. The van der Waals surface area contributed by atoms with E-state index in [1.54, 1.807) is 16.4 Å². The van der Waals surface area contributed by atoms with Crippen LogP contribution in [0.15, 0.2) is 30.3 Å². The minimum Gasteiger partial charge on any atom is -0.444 e. The van der Waals surface area contributed by atoms with Crippen molar-refractivity contribution in [2.24, 2.45) is 0 Å². The zero-order valence-electron chi connectivity index (χ0n) is 25.2. The maximum absolute atomic E-state index is 16.4. The van der Waals surface area contributed by atoms with Crippen LogP contribution in [0.1, 0.15) is 52.3 Å². The number of para-hydroxylation sites is 2. The molecule has 2 N–H and O–H groups in total. The second-order valence-corrected chi connectivity index (χ2v) is 12.2. The number of ether oxygens (including phenoxy) is 2. The summed E-state index contributed by atoms with van der Waals surface area (Å²) >= 11 is 0. The van der Waals surface area contributed by atoms with Gasteiger partial charge in [-0.25, -0.2) is 24.0 Å². The van der Waals surface area contributed by atoms with Crippen molar-refractivity contribution in [2.45, 2.75) is 65.1 Å². The van der Waals surface area contributed by atoms with Gasteiger partial charge in [-0.2, -0.15) is 14.5 Å². The van der Waals surface area contributed by atoms with E-state index in [1.807, 2.05) is 51.1 Å². The number of imidazole rings is 1. The van der Waals surface area contributed by atoms with Gasteiger partial charge in [0.25, 0.3) is 0 Å². The molecule has 1 atom stereocenters. The molecule has 2 aliphatic heterocycles. The van der Waals surface area contributed by atoms with E-state index in [1.165, 1.54) is 4.68 Å². The summed E-state index contributed by atoms with van der Waals surface area (Å²) < 4.78 is 30.7. The van der Waals surface area contributed by atoms with Crippen LogP contribution in [0.4, 0.5) is 21.0 Å². The van der Waals surface area contributed by atoms with Gasteiger partial charge in [0.15, 0.2) is 0 Å². The number of carbonyl (C=O) groups excluding carboxylic acids is 1. The van der Waals surface area contributed by atoms with Crippen LogP contribution in [-0.2, 0) is 9.47 Å². The third-order valence-corrected chi connectivity index (χ3v) is 7.89. The quantitative estimate of drug-likeness (QED) is 0.364. The summed E-state index contributed by atoms with van der Waals surface area (Å²) in [6.45, 7) is 12.0. The van der Waals surface area contributed by atoms with Crippen LogP contribution in [0.3, 0.4) is 0 Å². The minimum atomic E-state index is -0.573. The molecule has 2 fully saturated rings. The van der Waals surface area contributed by atoms with Gasteiger partial charge in [0.05, 0.1) is 53.3 Å². The first-order valence-corrected chi connectivity index (χ1v) is 14.7. The molecule has 4 aromatic rings. The molecule has 0 saturated carbocycles. The Morgan fingerprint density at radius 3 is 2.58 bits per heavy atom. The van der Waals surface area contributed by atoms with Gasteiger partial charge in [0.1, 0.15) is 11.4 Å². The molecule has 3 aromatic heterocycles. The molecule has 1 aromatic carbocycles. The minimum absolute atomic E-state index is 0.0602. The monoisotopic (exact) mass is 591 g/mol. The first-order valence-electron chi connectivity index (χ1n) is 14.7. The molecule has 13 heteroatoms. The van der Waals surface area contributed by atoms with Crippen molar-refractivity contribution in [1.82, 2.24) is 34.2 Å². The molecule has 6 rings (SSSR count). The highest BCUT2D eigenvalue weighted by Crippen LogP contribution is 2.34. The summed E-state index contributed by atoms with van der Waals surface area (Å²) in [5.74, 6) is 0.714. The number of hydrogen-bond donors (Lipinski definition) is 1. The standard InChI is InChI=1S/C30H38FN9O3/c1-18-17-42-15-14-38(18)24-16-22(34-28(35-24)39-23-9-7-6-8-21(23)33-27(39)32)25-19(2)36-40(26(25)31)20-10-12-37(13-11-20)29(41)43-30(3,4)5/h6-9,16,18,20H,10-15,17H2,1-5H3,(H2,32,33)/t18-/m1/s1. The maximum atomic E-state index is 16.4. The largest absolute Gasteiger partial charge is 0.444 e. The van der Waals surface area contributed by atoms with Gasteiger partial charge >= 0.3 is 6.09 Å². The molecule has 0 bridgehead atoms. The number of benzene rings is 1. The lowest BCUT2D eigenvalue weighted by atomic mass is 10.1. The SMILES string of the molecule is Cc1nn(C2CCN(C(=O)OC(C)(C)C)CC2)c(F)c1-c1cc(N2CCOC[C@H]2C)nc(-n2c(N)nc3ccccc32)n1. The van der Waals surface area contributed by atoms with E-state index in [0.717, 1.165) is 5.52 Å². The Kier molecular flexibility index (Phi) is 7.45. The van der Waals surface area contributed by atoms with E-state index in [0.29, 0.717) is 79.9 Å². The smallest absolute Gasteiger partial charge is 0.410 e. The van der Waals surface area contributed by atoms with Gasteiger partial charge in [-0.3, -0.25) is 0 Å². The number of rotatable bonds is 4. The van der Waals surface area contributed by atoms with Crippen LogP contribution in [0.25, 0.3) is 28.2 Å². The number of halogens is 1. The Balaban J connectivity index is 1.37. The van der Waals surface area contributed by atoms with Crippen molar-refractivity contribution < 1.29 is 18.7 Å². The highest BCUT2D eigenvalue weighted by atomic mass is 19.1. The highest BCUT2D eigenvalue weighted by molar-refractivity contribution is 5.80. The normalized spacial score (nSPS) is 18.4. The van der Waals surface area contributed by atoms with E-state index < -0.39 is 11.5 Å². The van der Waals surface area contributed by atoms with Crippen molar-refractivity contribution in [3.05, 3.63) is 42.0 Å². The number of morpholine rings is 1. The van der Waals surface area contributed by atoms with E-state index in [2.05, 4.69) is 21.9 Å². The van der Waals surface area contributed by atoms with Crippen molar-refractivity contribution in [1.29, 1.82) is 0 Å². The summed E-state index contributed by atoms with van der Waals surface area (Å²) in [5, 5.41) is 4.63. The van der Waals surface area contributed by atoms with Gasteiger partial charge < -0.3 is 25.0 Å². The molecule has 228 valence electrons. The lowest BCUT2D eigenvalue weighted by molar-refractivity contribution is 0.0181. The second-order valence-electron chi connectivity index (χ2n) is 12.2. The molecule has 43 heavy (non-hydrogen) atoms. The summed E-state index contributed by atoms with van der Waals surface area (Å²) in [6, 6.07) is 9.23. The number of aromatic nitrogens is 6. The van der Waals surface area contributed by atoms with Crippen molar-refractivity contribution >= 4 is 28.9 Å². The molecule has 0 radical (unpaired) electrons. The average molecular weight is 592 g/mol. The van der Waals surface area contributed by atoms with Crippen molar-refractivity contribution in [2.75, 3.05) is 43.5 Å². The Bertz CT molecular complexity index is 1650. The molecule has 2 saturated heterocycles. The number of aryl methyl sites for hydroxylation is 1. The van der Waals surface area contributed by atoms with E-state index in [9.17, 15) is 4.79 Å². The van der Waals surface area contributed by atoms with E-state index in [4.69, 9.17) is 25.2 Å². The first kappa shape index (κ1) is 28.8. The number of amides is 1. The number of carbonyl (C=O) groups is 1. The average Bonchev–Trinajstić information content (AvgIpc) is 3.46. The Labute approximate surface area is 249 Å². The number of fused-ring (bicyclic) bond motifs is 1. The molecule has 12 nitrogen and oxygen atoms in total. The van der Waals surface area contributed by atoms with Gasteiger partial charge in [0.2, 0.25) is 17.8 Å². The van der Waals surface area contributed by atoms with Gasteiger partial charge in [0, 0.05) is 25.7 Å². The predicted octanol–water partition coefficient (Wildman–Crippen LogP) is 4.51. The van der Waals surface area contributed by atoms with Crippen LogP contribution in [-0.4, -0.2) is 84.8 Å². The third kappa shape index (κ3) is 5.61. The lowest BCUT2D eigenvalue weighted by Gasteiger charge is -2.34. The third-order valence-electron chi connectivity index (χ3n) is 7.89. The summed E-state index contributed by atoms with van der Waals surface area (Å²) in [5.41, 5.74) is 8.49. The van der Waals surface area contributed by atoms with Crippen LogP contribution in [0.5, 0.6) is 0 Å². The number of nitrogens with zero attached hydrogens (tertiary/aromatic N) is 8. The number of piperidine rings is 1. The molecular formula is C30H38FN9O3. The Hall–Kier alpha value is -4.26. The zero-order chi connectivity index (χ0) is 30.5. The predicted molar refractivity (Wildman–Crippen MR) is 161 cm³/mol. The van der Waals surface area contributed by atoms with Gasteiger partial charge in [-0.1, -0.05) is 12.1 Å². The highest BCUT2D eigenvalue weighted by Gasteiger charge is 2.32. The fourth-order valence-electron chi connectivity index (χ4n) is 5.79. The number of nitrogen functional groups attached to an aromatic ring is 1. The van der Waals surface area contributed by atoms with E-state index in [-0.39, 0.29) is 24.1 Å². The van der Waals surface area contributed by atoms with Crippen LogP contribution < -0.4 is 10.6 Å². The lowest BCUT2D eigenvalue weighted by Crippen LogP contribution is -2.44. The van der Waals surface area contributed by atoms with Crippen LogP contribution >= 0.6 is 0 Å². The summed E-state index contributed by atoms with van der Waals surface area (Å²) in [7, 11) is 0. The molecule has 0 aliphatic carbocycles.